The molecule has 0 spiro atoms. The second-order valence-corrected chi connectivity index (χ2v) is 4.68. The Labute approximate surface area is 99.9 Å². The molecule has 82 valence electrons. The summed E-state index contributed by atoms with van der Waals surface area (Å²) in [6.07, 6.45) is 1.82. The third-order valence-corrected chi connectivity index (χ3v) is 3.38. The summed E-state index contributed by atoms with van der Waals surface area (Å²) in [6.45, 7) is 2.03. The van der Waals surface area contributed by atoms with Gasteiger partial charge in [0.05, 0.1) is 5.69 Å². The van der Waals surface area contributed by atoms with Crippen molar-refractivity contribution in [2.24, 2.45) is 0 Å². The zero-order valence-corrected chi connectivity index (χ0v) is 10.00. The maximum Gasteiger partial charge on any atom is 0.0506 e. The zero-order chi connectivity index (χ0) is 11.4. The van der Waals surface area contributed by atoms with Gasteiger partial charge >= 0.3 is 0 Å². The van der Waals surface area contributed by atoms with E-state index in [9.17, 15) is 0 Å². The average molecular weight is 230 g/mol. The third kappa shape index (κ3) is 2.76. The molecule has 0 unspecified atom stereocenters. The van der Waals surface area contributed by atoms with E-state index < -0.39 is 0 Å². The van der Waals surface area contributed by atoms with Crippen LogP contribution in [-0.2, 0) is 5.75 Å². The minimum Gasteiger partial charge on any atom is -0.399 e. The maximum absolute atomic E-state index is 5.77. The number of nitrogens with zero attached hydrogens (tertiary/aromatic N) is 1. The first-order valence-corrected chi connectivity index (χ1v) is 6.13. The predicted molar refractivity (Wildman–Crippen MR) is 69.4 cm³/mol. The van der Waals surface area contributed by atoms with Crippen LogP contribution in [0.1, 0.15) is 11.3 Å². The molecule has 0 saturated carbocycles. The Bertz CT molecular complexity index is 469. The minimum atomic E-state index is 0.849. The Morgan fingerprint density at radius 2 is 2.12 bits per heavy atom. The molecule has 1 aromatic heterocycles. The summed E-state index contributed by atoms with van der Waals surface area (Å²) in [6, 6.07) is 12.1. The molecule has 0 bridgehead atoms. The highest BCUT2D eigenvalue weighted by molar-refractivity contribution is 7.98. The first-order valence-electron chi connectivity index (χ1n) is 5.14. The monoisotopic (exact) mass is 230 g/mol. The van der Waals surface area contributed by atoms with Crippen molar-refractivity contribution < 1.29 is 0 Å². The molecule has 0 aliphatic carbocycles. The van der Waals surface area contributed by atoms with Crippen molar-refractivity contribution in [3.63, 3.8) is 0 Å². The summed E-state index contributed by atoms with van der Waals surface area (Å²) in [4.78, 5) is 5.52. The highest BCUT2D eigenvalue weighted by Crippen LogP contribution is 2.24. The van der Waals surface area contributed by atoms with Crippen LogP contribution in [0.15, 0.2) is 47.5 Å². The first kappa shape index (κ1) is 11.0. The van der Waals surface area contributed by atoms with E-state index >= 15 is 0 Å². The van der Waals surface area contributed by atoms with Gasteiger partial charge in [0, 0.05) is 22.5 Å². The van der Waals surface area contributed by atoms with Crippen molar-refractivity contribution in [2.75, 3.05) is 5.73 Å². The summed E-state index contributed by atoms with van der Waals surface area (Å²) in [5.41, 5.74) is 8.85. The van der Waals surface area contributed by atoms with Gasteiger partial charge in [0.2, 0.25) is 0 Å². The van der Waals surface area contributed by atoms with E-state index in [1.54, 1.807) is 11.8 Å². The minimum absolute atomic E-state index is 0.849. The fourth-order valence-corrected chi connectivity index (χ4v) is 2.29. The number of benzene rings is 1. The quantitative estimate of drug-likeness (QED) is 0.649. The van der Waals surface area contributed by atoms with Crippen LogP contribution in [0, 0.1) is 6.92 Å². The molecule has 3 heteroatoms. The smallest absolute Gasteiger partial charge is 0.0506 e. The number of nitrogens with two attached hydrogens (primary N) is 1. The first-order chi connectivity index (χ1) is 7.75. The van der Waals surface area contributed by atoms with Crippen molar-refractivity contribution in [2.45, 2.75) is 17.6 Å². The number of pyridine rings is 1. The van der Waals surface area contributed by atoms with Crippen LogP contribution < -0.4 is 5.73 Å². The molecule has 1 heterocycles. The molecular formula is C13H14N2S. The van der Waals surface area contributed by atoms with E-state index in [4.69, 9.17) is 5.73 Å². The summed E-state index contributed by atoms with van der Waals surface area (Å²) >= 11 is 1.78. The maximum atomic E-state index is 5.77. The third-order valence-electron chi connectivity index (χ3n) is 2.35. The lowest BCUT2D eigenvalue weighted by molar-refractivity contribution is 1.17. The molecule has 2 aromatic rings. The molecule has 0 radical (unpaired) electrons. The molecule has 0 atom stereocenters. The van der Waals surface area contributed by atoms with Gasteiger partial charge < -0.3 is 5.73 Å². The van der Waals surface area contributed by atoms with E-state index in [0.29, 0.717) is 0 Å². The Morgan fingerprint density at radius 1 is 1.25 bits per heavy atom. The van der Waals surface area contributed by atoms with Gasteiger partial charge in [0.15, 0.2) is 0 Å². The number of aromatic nitrogens is 1. The Morgan fingerprint density at radius 3 is 2.81 bits per heavy atom. The van der Waals surface area contributed by atoms with Gasteiger partial charge in [-0.3, -0.25) is 4.98 Å². The molecule has 1 aromatic carbocycles. The van der Waals surface area contributed by atoms with E-state index in [2.05, 4.69) is 17.1 Å². The topological polar surface area (TPSA) is 38.9 Å². The number of rotatable bonds is 3. The van der Waals surface area contributed by atoms with E-state index in [1.807, 2.05) is 37.4 Å². The Kier molecular flexibility index (Phi) is 3.47. The summed E-state index contributed by atoms with van der Waals surface area (Å²) in [7, 11) is 0. The Balaban J connectivity index is 2.03. The van der Waals surface area contributed by atoms with Crippen LogP contribution in [0.2, 0.25) is 0 Å². The predicted octanol–water partition coefficient (Wildman–Crippen LogP) is 3.26. The normalized spacial score (nSPS) is 10.3. The summed E-state index contributed by atoms with van der Waals surface area (Å²) in [5, 5.41) is 0. The molecule has 0 aliphatic rings. The fourth-order valence-electron chi connectivity index (χ4n) is 1.38. The molecule has 2 N–H and O–H groups in total. The number of hydrogen-bond donors (Lipinski definition) is 1. The summed E-state index contributed by atoms with van der Waals surface area (Å²) in [5.74, 6) is 0.893. The SMILES string of the molecule is Cc1cc(SCc2ccccn2)ccc1N. The fraction of sp³-hybridized carbons (Fsp3) is 0.154. The number of nitrogen functional groups attached to an aromatic ring is 1. The molecule has 0 amide bonds. The largest absolute Gasteiger partial charge is 0.399 e. The highest BCUT2D eigenvalue weighted by atomic mass is 32.2. The van der Waals surface area contributed by atoms with E-state index in [1.165, 1.54) is 4.90 Å². The van der Waals surface area contributed by atoms with Crippen molar-refractivity contribution in [3.05, 3.63) is 53.9 Å². The van der Waals surface area contributed by atoms with Crippen LogP contribution in [0.5, 0.6) is 0 Å². The second-order valence-electron chi connectivity index (χ2n) is 3.63. The van der Waals surface area contributed by atoms with Crippen molar-refractivity contribution >= 4 is 17.4 Å². The zero-order valence-electron chi connectivity index (χ0n) is 9.18. The molecule has 2 rings (SSSR count). The van der Waals surface area contributed by atoms with Gasteiger partial charge in [-0.1, -0.05) is 6.07 Å². The molecule has 0 aliphatic heterocycles. The van der Waals surface area contributed by atoms with Gasteiger partial charge in [0.25, 0.3) is 0 Å². The number of hydrogen-bond acceptors (Lipinski definition) is 3. The lowest BCUT2D eigenvalue weighted by Gasteiger charge is -2.04. The second kappa shape index (κ2) is 5.03. The van der Waals surface area contributed by atoms with Gasteiger partial charge in [-0.05, 0) is 42.8 Å². The lowest BCUT2D eigenvalue weighted by atomic mass is 10.2. The van der Waals surface area contributed by atoms with E-state index in [0.717, 1.165) is 22.7 Å². The van der Waals surface area contributed by atoms with Gasteiger partial charge in [-0.25, -0.2) is 0 Å². The van der Waals surface area contributed by atoms with Crippen molar-refractivity contribution in [3.8, 4) is 0 Å². The van der Waals surface area contributed by atoms with Crippen LogP contribution in [0.4, 0.5) is 5.69 Å². The van der Waals surface area contributed by atoms with Gasteiger partial charge in [0.1, 0.15) is 0 Å². The van der Waals surface area contributed by atoms with Gasteiger partial charge in [-0.2, -0.15) is 0 Å². The lowest BCUT2D eigenvalue weighted by Crippen LogP contribution is -1.89. The van der Waals surface area contributed by atoms with Crippen LogP contribution in [-0.4, -0.2) is 4.98 Å². The number of anilines is 1. The van der Waals surface area contributed by atoms with Crippen LogP contribution in [0.25, 0.3) is 0 Å². The highest BCUT2D eigenvalue weighted by Gasteiger charge is 1.99. The van der Waals surface area contributed by atoms with Crippen LogP contribution in [0.3, 0.4) is 0 Å². The molecular weight excluding hydrogens is 216 g/mol. The van der Waals surface area contributed by atoms with Crippen LogP contribution >= 0.6 is 11.8 Å². The van der Waals surface area contributed by atoms with E-state index in [-0.39, 0.29) is 0 Å². The standard InChI is InChI=1S/C13H14N2S/c1-10-8-12(5-6-13(10)14)16-9-11-4-2-3-7-15-11/h2-8H,9,14H2,1H3. The molecule has 0 fully saturated rings. The Hall–Kier alpha value is -1.48. The average Bonchev–Trinajstić information content (AvgIpc) is 2.32. The van der Waals surface area contributed by atoms with Crippen molar-refractivity contribution in [1.82, 2.24) is 4.98 Å². The molecule has 2 nitrogen and oxygen atoms in total. The number of aryl methyl sites for hydroxylation is 1. The molecule has 0 saturated heterocycles. The number of thioether (sulfide) groups is 1. The van der Waals surface area contributed by atoms with Gasteiger partial charge in [-0.15, -0.1) is 11.8 Å². The molecule has 16 heavy (non-hydrogen) atoms. The summed E-state index contributed by atoms with van der Waals surface area (Å²) < 4.78 is 0. The van der Waals surface area contributed by atoms with Crippen molar-refractivity contribution in [1.29, 1.82) is 0 Å².